The molecule has 6 rings (SSSR count). The highest BCUT2D eigenvalue weighted by atomic mass is 19.1. The lowest BCUT2D eigenvalue weighted by molar-refractivity contribution is 0.0785. The smallest absolute Gasteiger partial charge is 0.272 e. The Bertz CT molecular complexity index is 1540. The van der Waals surface area contributed by atoms with Crippen LogP contribution >= 0.6 is 0 Å². The summed E-state index contributed by atoms with van der Waals surface area (Å²) in [5, 5.41) is 8.05. The SMILES string of the molecule is O=C(c1cc(Cc2n[nH]c(=O)c3ccccc23)ccc1F)N1CC2=C(CN(Cc3ccccc3)C2)C1. The summed E-state index contributed by atoms with van der Waals surface area (Å²) in [6.07, 6.45) is 0.376. The molecule has 0 aliphatic carbocycles. The minimum atomic E-state index is -0.527. The number of benzene rings is 3. The second kappa shape index (κ2) is 9.17. The Kier molecular flexibility index (Phi) is 5.70. The third-order valence-electron chi connectivity index (χ3n) is 7.04. The van der Waals surface area contributed by atoms with Crippen LogP contribution in [0.5, 0.6) is 0 Å². The molecule has 0 bridgehead atoms. The van der Waals surface area contributed by atoms with E-state index in [1.807, 2.05) is 30.3 Å². The zero-order chi connectivity index (χ0) is 24.6. The standard InChI is InChI=1S/C29H25FN4O2/c30-26-11-10-20(13-27-23-8-4-5-9-24(23)28(35)32-31-27)12-25(26)29(36)34-17-21-15-33(16-22(21)18-34)14-19-6-2-1-3-7-19/h1-12H,13-18H2,(H,32,35). The first kappa shape index (κ1) is 22.4. The van der Waals surface area contributed by atoms with Gasteiger partial charge in [0, 0.05) is 44.5 Å². The summed E-state index contributed by atoms with van der Waals surface area (Å²) in [4.78, 5) is 29.5. The summed E-state index contributed by atoms with van der Waals surface area (Å²) < 4.78 is 14.8. The normalized spacial score (nSPS) is 15.6. The van der Waals surface area contributed by atoms with Crippen LogP contribution in [0, 0.1) is 5.82 Å². The number of halogens is 1. The number of amides is 1. The number of hydrogen-bond acceptors (Lipinski definition) is 4. The minimum Gasteiger partial charge on any atom is -0.330 e. The van der Waals surface area contributed by atoms with Gasteiger partial charge in [-0.2, -0.15) is 5.10 Å². The number of carbonyl (C=O) groups is 1. The molecular formula is C29H25FN4O2. The maximum Gasteiger partial charge on any atom is 0.272 e. The number of hydrogen-bond donors (Lipinski definition) is 1. The van der Waals surface area contributed by atoms with Crippen LogP contribution in [0.1, 0.15) is 27.2 Å². The van der Waals surface area contributed by atoms with E-state index in [0.717, 1.165) is 30.6 Å². The number of nitrogens with one attached hydrogen (secondary N) is 1. The molecule has 0 saturated heterocycles. The van der Waals surface area contributed by atoms with Crippen molar-refractivity contribution in [3.63, 3.8) is 0 Å². The van der Waals surface area contributed by atoms with Crippen LogP contribution in [-0.4, -0.2) is 52.1 Å². The maximum absolute atomic E-state index is 14.8. The van der Waals surface area contributed by atoms with E-state index in [0.29, 0.717) is 30.6 Å². The number of rotatable bonds is 5. The zero-order valence-electron chi connectivity index (χ0n) is 19.7. The van der Waals surface area contributed by atoms with Crippen molar-refractivity contribution in [3.05, 3.63) is 122 Å². The van der Waals surface area contributed by atoms with Crippen molar-refractivity contribution in [2.75, 3.05) is 26.2 Å². The molecule has 0 spiro atoms. The average molecular weight is 481 g/mol. The number of fused-ring (bicyclic) bond motifs is 1. The monoisotopic (exact) mass is 480 g/mol. The van der Waals surface area contributed by atoms with Crippen molar-refractivity contribution in [1.82, 2.24) is 20.0 Å². The number of H-pyrrole nitrogens is 1. The fourth-order valence-electron chi connectivity index (χ4n) is 5.27. The average Bonchev–Trinajstić information content (AvgIpc) is 3.46. The van der Waals surface area contributed by atoms with Crippen molar-refractivity contribution in [1.29, 1.82) is 0 Å². The highest BCUT2D eigenvalue weighted by molar-refractivity contribution is 5.95. The molecule has 0 saturated carbocycles. The topological polar surface area (TPSA) is 69.3 Å². The first-order valence-corrected chi connectivity index (χ1v) is 12.1. The van der Waals surface area contributed by atoms with E-state index in [1.54, 1.807) is 29.2 Å². The van der Waals surface area contributed by atoms with E-state index in [4.69, 9.17) is 0 Å². The second-order valence-corrected chi connectivity index (χ2v) is 9.54. The van der Waals surface area contributed by atoms with Crippen molar-refractivity contribution in [3.8, 4) is 0 Å². The van der Waals surface area contributed by atoms with Crippen LogP contribution in [0.15, 0.2) is 88.7 Å². The molecular weight excluding hydrogens is 455 g/mol. The van der Waals surface area contributed by atoms with Gasteiger partial charge in [0.05, 0.1) is 16.6 Å². The van der Waals surface area contributed by atoms with Gasteiger partial charge in [0.2, 0.25) is 0 Å². The van der Waals surface area contributed by atoms with Crippen molar-refractivity contribution >= 4 is 16.7 Å². The minimum absolute atomic E-state index is 0.0727. The van der Waals surface area contributed by atoms with Crippen LogP contribution in [0.2, 0.25) is 0 Å². The van der Waals surface area contributed by atoms with Crippen molar-refractivity contribution in [2.45, 2.75) is 13.0 Å². The fraction of sp³-hybridized carbons (Fsp3) is 0.207. The van der Waals surface area contributed by atoms with Gasteiger partial charge in [-0.05, 0) is 40.5 Å². The molecule has 1 amide bonds. The number of nitrogens with zero attached hydrogens (tertiary/aromatic N) is 3. The third-order valence-corrected chi connectivity index (χ3v) is 7.04. The van der Waals surface area contributed by atoms with Crippen LogP contribution < -0.4 is 5.56 Å². The molecule has 2 aliphatic heterocycles. The fourth-order valence-corrected chi connectivity index (χ4v) is 5.27. The van der Waals surface area contributed by atoms with Gasteiger partial charge in [0.25, 0.3) is 11.5 Å². The third kappa shape index (κ3) is 4.22. The van der Waals surface area contributed by atoms with E-state index >= 15 is 0 Å². The maximum atomic E-state index is 14.8. The molecule has 0 unspecified atom stereocenters. The Hall–Kier alpha value is -4.10. The summed E-state index contributed by atoms with van der Waals surface area (Å²) in [7, 11) is 0. The summed E-state index contributed by atoms with van der Waals surface area (Å²) in [5.74, 6) is -0.821. The van der Waals surface area contributed by atoms with Gasteiger partial charge in [-0.25, -0.2) is 9.49 Å². The highest BCUT2D eigenvalue weighted by Crippen LogP contribution is 2.28. The first-order valence-electron chi connectivity index (χ1n) is 12.1. The van der Waals surface area contributed by atoms with Crippen LogP contribution in [0.25, 0.3) is 10.8 Å². The molecule has 0 atom stereocenters. The number of aromatic nitrogens is 2. The van der Waals surface area contributed by atoms with Gasteiger partial charge in [-0.1, -0.05) is 54.6 Å². The summed E-state index contributed by atoms with van der Waals surface area (Å²) in [6, 6.07) is 22.2. The molecule has 6 nitrogen and oxygen atoms in total. The lowest BCUT2D eigenvalue weighted by Crippen LogP contribution is -2.34. The van der Waals surface area contributed by atoms with Crippen LogP contribution in [-0.2, 0) is 13.0 Å². The zero-order valence-corrected chi connectivity index (χ0v) is 19.7. The summed E-state index contributed by atoms with van der Waals surface area (Å²) in [5.41, 5.74) is 5.06. The van der Waals surface area contributed by atoms with Gasteiger partial charge in [0.1, 0.15) is 5.82 Å². The highest BCUT2D eigenvalue weighted by Gasteiger charge is 2.33. The van der Waals surface area contributed by atoms with Gasteiger partial charge in [0.15, 0.2) is 0 Å². The molecule has 0 radical (unpaired) electrons. The Morgan fingerprint density at radius 1 is 0.861 bits per heavy atom. The number of aromatic amines is 1. The van der Waals surface area contributed by atoms with E-state index in [-0.39, 0.29) is 17.0 Å². The first-order chi connectivity index (χ1) is 17.5. The van der Waals surface area contributed by atoms with Crippen molar-refractivity contribution in [2.24, 2.45) is 0 Å². The molecule has 180 valence electrons. The Morgan fingerprint density at radius 3 is 2.31 bits per heavy atom. The Labute approximate surface area is 207 Å². The van der Waals surface area contributed by atoms with Gasteiger partial charge < -0.3 is 4.90 Å². The van der Waals surface area contributed by atoms with E-state index in [1.165, 1.54) is 22.8 Å². The molecule has 0 fully saturated rings. The second-order valence-electron chi connectivity index (χ2n) is 9.54. The van der Waals surface area contributed by atoms with E-state index < -0.39 is 5.82 Å². The predicted molar refractivity (Wildman–Crippen MR) is 136 cm³/mol. The Balaban J connectivity index is 1.16. The van der Waals surface area contributed by atoms with Gasteiger partial charge in [-0.15, -0.1) is 0 Å². The van der Waals surface area contributed by atoms with E-state index in [9.17, 15) is 14.0 Å². The quantitative estimate of drug-likeness (QED) is 0.440. The lowest BCUT2D eigenvalue weighted by Gasteiger charge is -2.23. The largest absolute Gasteiger partial charge is 0.330 e. The summed E-state index contributed by atoms with van der Waals surface area (Å²) >= 11 is 0. The van der Waals surface area contributed by atoms with Crippen molar-refractivity contribution < 1.29 is 9.18 Å². The van der Waals surface area contributed by atoms with Gasteiger partial charge >= 0.3 is 0 Å². The summed E-state index contributed by atoms with van der Waals surface area (Å²) in [6.45, 7) is 3.62. The molecule has 4 aromatic rings. The Morgan fingerprint density at radius 2 is 1.56 bits per heavy atom. The molecule has 7 heteroatoms. The van der Waals surface area contributed by atoms with E-state index in [2.05, 4.69) is 27.2 Å². The molecule has 3 heterocycles. The molecule has 36 heavy (non-hydrogen) atoms. The number of carbonyl (C=O) groups excluding carboxylic acids is 1. The van der Waals surface area contributed by atoms with Crippen LogP contribution in [0.3, 0.4) is 0 Å². The molecule has 2 aliphatic rings. The molecule has 3 aromatic carbocycles. The predicted octanol–water partition coefficient (Wildman–Crippen LogP) is 3.92. The van der Waals surface area contributed by atoms with Crippen LogP contribution in [0.4, 0.5) is 4.39 Å². The lowest BCUT2D eigenvalue weighted by atomic mass is 10.0. The molecule has 1 N–H and O–H groups in total. The van der Waals surface area contributed by atoms with Gasteiger partial charge in [-0.3, -0.25) is 14.5 Å². The molecule has 1 aromatic heterocycles.